The number of aryl methyl sites for hydroxylation is 2. The molecule has 27 heavy (non-hydrogen) atoms. The van der Waals surface area contributed by atoms with E-state index in [9.17, 15) is 4.79 Å². The van der Waals surface area contributed by atoms with Gasteiger partial charge in [0.15, 0.2) is 0 Å². The van der Waals surface area contributed by atoms with Gasteiger partial charge in [0.1, 0.15) is 0 Å². The van der Waals surface area contributed by atoms with Crippen molar-refractivity contribution < 1.29 is 4.79 Å². The summed E-state index contributed by atoms with van der Waals surface area (Å²) in [5.74, 6) is -0.000544. The van der Waals surface area contributed by atoms with E-state index in [1.807, 2.05) is 18.2 Å². The van der Waals surface area contributed by atoms with Gasteiger partial charge in [-0.1, -0.05) is 24.3 Å². The first-order valence-electron chi connectivity index (χ1n) is 9.71. The number of nitrogens with zero attached hydrogens (tertiary/aromatic N) is 1. The fourth-order valence-electron chi connectivity index (χ4n) is 3.97. The molecule has 2 N–H and O–H groups in total. The molecule has 0 aliphatic carbocycles. The number of fused-ring (bicyclic) bond motifs is 2. The molecule has 0 radical (unpaired) electrons. The first-order chi connectivity index (χ1) is 13.0. The SMILES string of the molecule is Cc1[nH]c2ccc(C(=O)NC[C@H](C)N3CCc4ccccc4C3)cc2c1C. The first-order valence-corrected chi connectivity index (χ1v) is 9.71. The molecule has 4 rings (SSSR count). The van der Waals surface area contributed by atoms with Crippen LogP contribution in [0.25, 0.3) is 10.9 Å². The number of nitrogens with one attached hydrogen (secondary N) is 2. The zero-order valence-corrected chi connectivity index (χ0v) is 16.3. The molecule has 0 saturated carbocycles. The highest BCUT2D eigenvalue weighted by Gasteiger charge is 2.21. The van der Waals surface area contributed by atoms with Gasteiger partial charge >= 0.3 is 0 Å². The van der Waals surface area contributed by atoms with Crippen molar-refractivity contribution in [3.05, 3.63) is 70.4 Å². The van der Waals surface area contributed by atoms with Gasteiger partial charge in [-0.2, -0.15) is 0 Å². The molecule has 140 valence electrons. The van der Waals surface area contributed by atoms with E-state index in [0.717, 1.165) is 41.7 Å². The molecule has 4 nitrogen and oxygen atoms in total. The highest BCUT2D eigenvalue weighted by molar-refractivity contribution is 5.99. The summed E-state index contributed by atoms with van der Waals surface area (Å²) in [5.41, 5.74) is 7.03. The van der Waals surface area contributed by atoms with Crippen LogP contribution in [0.5, 0.6) is 0 Å². The lowest BCUT2D eigenvalue weighted by Gasteiger charge is -2.33. The Balaban J connectivity index is 1.40. The van der Waals surface area contributed by atoms with Crippen molar-refractivity contribution in [2.75, 3.05) is 13.1 Å². The fourth-order valence-corrected chi connectivity index (χ4v) is 3.97. The Morgan fingerprint density at radius 2 is 1.96 bits per heavy atom. The van der Waals surface area contributed by atoms with E-state index in [1.165, 1.54) is 16.7 Å². The second-order valence-electron chi connectivity index (χ2n) is 7.68. The number of aromatic nitrogens is 1. The Morgan fingerprint density at radius 1 is 1.19 bits per heavy atom. The number of rotatable bonds is 4. The number of H-pyrrole nitrogens is 1. The first kappa shape index (κ1) is 17.8. The third kappa shape index (κ3) is 3.50. The molecule has 0 fully saturated rings. The van der Waals surface area contributed by atoms with Crippen LogP contribution in [0, 0.1) is 13.8 Å². The van der Waals surface area contributed by atoms with Crippen LogP contribution >= 0.6 is 0 Å². The molecule has 0 saturated heterocycles. The monoisotopic (exact) mass is 361 g/mol. The molecular formula is C23H27N3O. The minimum Gasteiger partial charge on any atom is -0.358 e. The zero-order valence-electron chi connectivity index (χ0n) is 16.3. The standard InChI is InChI=1S/C23H27N3O/c1-15(26-11-10-18-6-4-5-7-20(18)14-26)13-24-23(27)19-8-9-22-21(12-19)16(2)17(3)25-22/h4-9,12,15,25H,10-11,13-14H2,1-3H3,(H,24,27)/t15-/m0/s1. The van der Waals surface area contributed by atoms with Crippen LogP contribution in [0.4, 0.5) is 0 Å². The normalized spacial score (nSPS) is 15.5. The minimum atomic E-state index is -0.000544. The molecule has 2 heterocycles. The van der Waals surface area contributed by atoms with Crippen LogP contribution in [0.1, 0.15) is 39.7 Å². The second kappa shape index (κ2) is 7.20. The topological polar surface area (TPSA) is 48.1 Å². The Hall–Kier alpha value is -2.59. The van der Waals surface area contributed by atoms with Crippen LogP contribution in [-0.2, 0) is 13.0 Å². The predicted molar refractivity (Wildman–Crippen MR) is 110 cm³/mol. The van der Waals surface area contributed by atoms with Crippen molar-refractivity contribution in [3.63, 3.8) is 0 Å². The number of carbonyl (C=O) groups excluding carboxylic acids is 1. The van der Waals surface area contributed by atoms with Crippen LogP contribution in [-0.4, -0.2) is 34.9 Å². The molecule has 1 amide bonds. The van der Waals surface area contributed by atoms with Crippen molar-refractivity contribution in [1.82, 2.24) is 15.2 Å². The van der Waals surface area contributed by atoms with E-state index >= 15 is 0 Å². The van der Waals surface area contributed by atoms with Gasteiger partial charge in [-0.15, -0.1) is 0 Å². The molecule has 0 bridgehead atoms. The second-order valence-corrected chi connectivity index (χ2v) is 7.68. The zero-order chi connectivity index (χ0) is 19.0. The van der Waals surface area contributed by atoms with Gasteiger partial charge < -0.3 is 10.3 Å². The summed E-state index contributed by atoms with van der Waals surface area (Å²) in [7, 11) is 0. The van der Waals surface area contributed by atoms with E-state index in [2.05, 4.69) is 60.2 Å². The highest BCUT2D eigenvalue weighted by Crippen LogP contribution is 2.23. The maximum Gasteiger partial charge on any atom is 0.251 e. The van der Waals surface area contributed by atoms with E-state index in [4.69, 9.17) is 0 Å². The van der Waals surface area contributed by atoms with E-state index in [-0.39, 0.29) is 5.91 Å². The van der Waals surface area contributed by atoms with Crippen molar-refractivity contribution in [3.8, 4) is 0 Å². The van der Waals surface area contributed by atoms with Crippen molar-refractivity contribution in [1.29, 1.82) is 0 Å². The molecule has 1 aliphatic heterocycles. The van der Waals surface area contributed by atoms with Gasteiger partial charge in [0, 0.05) is 47.8 Å². The maximum atomic E-state index is 12.7. The lowest BCUT2D eigenvalue weighted by molar-refractivity contribution is 0.0932. The molecule has 0 unspecified atom stereocenters. The number of amides is 1. The maximum absolute atomic E-state index is 12.7. The lowest BCUT2D eigenvalue weighted by Crippen LogP contribution is -2.44. The Labute approximate surface area is 160 Å². The molecule has 0 spiro atoms. The van der Waals surface area contributed by atoms with E-state index < -0.39 is 0 Å². The van der Waals surface area contributed by atoms with E-state index in [1.54, 1.807) is 0 Å². The molecular weight excluding hydrogens is 334 g/mol. The van der Waals surface area contributed by atoms with Crippen LogP contribution < -0.4 is 5.32 Å². The quantitative estimate of drug-likeness (QED) is 0.739. The molecule has 1 aliphatic rings. The number of aromatic amines is 1. The molecule has 4 heteroatoms. The van der Waals surface area contributed by atoms with Crippen molar-refractivity contribution in [2.24, 2.45) is 0 Å². The molecule has 1 atom stereocenters. The van der Waals surface area contributed by atoms with Gasteiger partial charge in [-0.25, -0.2) is 0 Å². The fraction of sp³-hybridized carbons (Fsp3) is 0.348. The van der Waals surface area contributed by atoms with Crippen molar-refractivity contribution in [2.45, 2.75) is 39.8 Å². The summed E-state index contributed by atoms with van der Waals surface area (Å²) >= 11 is 0. The third-order valence-electron chi connectivity index (χ3n) is 5.91. The van der Waals surface area contributed by atoms with Gasteiger partial charge in [0.25, 0.3) is 5.91 Å². The Kier molecular flexibility index (Phi) is 4.75. The Bertz CT molecular complexity index is 988. The van der Waals surface area contributed by atoms with Gasteiger partial charge in [-0.3, -0.25) is 9.69 Å². The molecule has 3 aromatic rings. The molecule has 2 aromatic carbocycles. The van der Waals surface area contributed by atoms with Gasteiger partial charge in [0.05, 0.1) is 0 Å². The number of hydrogen-bond acceptors (Lipinski definition) is 2. The number of benzene rings is 2. The summed E-state index contributed by atoms with van der Waals surface area (Å²) in [6.45, 7) is 9.00. The highest BCUT2D eigenvalue weighted by atomic mass is 16.1. The number of carbonyl (C=O) groups is 1. The van der Waals surface area contributed by atoms with Gasteiger partial charge in [0.2, 0.25) is 0 Å². The summed E-state index contributed by atoms with van der Waals surface area (Å²) in [5, 5.41) is 4.25. The lowest BCUT2D eigenvalue weighted by atomic mass is 9.99. The van der Waals surface area contributed by atoms with E-state index in [0.29, 0.717) is 12.6 Å². The minimum absolute atomic E-state index is 0.000544. The van der Waals surface area contributed by atoms with Crippen LogP contribution in [0.2, 0.25) is 0 Å². The Morgan fingerprint density at radius 3 is 2.78 bits per heavy atom. The smallest absolute Gasteiger partial charge is 0.251 e. The number of hydrogen-bond donors (Lipinski definition) is 2. The molecule has 1 aromatic heterocycles. The third-order valence-corrected chi connectivity index (χ3v) is 5.91. The summed E-state index contributed by atoms with van der Waals surface area (Å²) in [6, 6.07) is 14.8. The average molecular weight is 361 g/mol. The largest absolute Gasteiger partial charge is 0.358 e. The predicted octanol–water partition coefficient (Wildman–Crippen LogP) is 3.96. The summed E-state index contributed by atoms with van der Waals surface area (Å²) in [6.07, 6.45) is 1.08. The summed E-state index contributed by atoms with van der Waals surface area (Å²) < 4.78 is 0. The van der Waals surface area contributed by atoms with Crippen molar-refractivity contribution >= 4 is 16.8 Å². The van der Waals surface area contributed by atoms with Crippen LogP contribution in [0.15, 0.2) is 42.5 Å². The van der Waals surface area contributed by atoms with Gasteiger partial charge in [-0.05, 0) is 62.1 Å². The summed E-state index contributed by atoms with van der Waals surface area (Å²) in [4.78, 5) is 18.5. The van der Waals surface area contributed by atoms with Crippen LogP contribution in [0.3, 0.4) is 0 Å². The average Bonchev–Trinajstić information content (AvgIpc) is 2.98.